The van der Waals surface area contributed by atoms with E-state index in [1.54, 1.807) is 30.1 Å². The number of nitrogens with zero attached hydrogens (tertiary/aromatic N) is 5. The van der Waals surface area contributed by atoms with Gasteiger partial charge in [-0.3, -0.25) is 14.8 Å². The molecule has 2 aromatic heterocycles. The molecular weight excluding hydrogens is 414 g/mol. The number of carbonyl (C=O) groups excluding carboxylic acids is 1. The van der Waals surface area contributed by atoms with E-state index in [1.807, 2.05) is 22.6 Å². The minimum atomic E-state index is -0.376. The molecule has 0 saturated carbocycles. The molecule has 23 heavy (non-hydrogen) atoms. The molecule has 0 atom stereocenters. The topological polar surface area (TPSA) is 77.6 Å². The fourth-order valence-corrected chi connectivity index (χ4v) is 2.78. The van der Waals surface area contributed by atoms with E-state index >= 15 is 0 Å². The van der Waals surface area contributed by atoms with E-state index < -0.39 is 0 Å². The van der Waals surface area contributed by atoms with Gasteiger partial charge >= 0.3 is 0 Å². The largest absolute Gasteiger partial charge is 0.288 e. The molecule has 1 N–H and O–H groups in total. The Balaban J connectivity index is 1.70. The third-order valence-corrected chi connectivity index (χ3v) is 3.78. The second-order valence-corrected chi connectivity index (χ2v) is 6.01. The van der Waals surface area contributed by atoms with Gasteiger partial charge in [0, 0.05) is 13.2 Å². The lowest BCUT2D eigenvalue weighted by molar-refractivity contribution is 0.102. The highest BCUT2D eigenvalue weighted by molar-refractivity contribution is 14.1. The standard InChI is InChI=1S/C14H12FIN6O/c1-21-7-11(16)12(19-21)13(23)18-14-17-8-22(20-14)6-9-3-2-4-10(15)5-9/h2-5,7-8H,6H2,1H3,(H,18,20,23). The van der Waals surface area contributed by atoms with Gasteiger partial charge in [0.15, 0.2) is 5.69 Å². The predicted molar refractivity (Wildman–Crippen MR) is 89.4 cm³/mol. The highest BCUT2D eigenvalue weighted by Crippen LogP contribution is 2.11. The summed E-state index contributed by atoms with van der Waals surface area (Å²) in [6, 6.07) is 6.23. The lowest BCUT2D eigenvalue weighted by Gasteiger charge is -2.01. The first kappa shape index (κ1) is 15.6. The number of amides is 1. The van der Waals surface area contributed by atoms with Gasteiger partial charge in [0.1, 0.15) is 12.1 Å². The summed E-state index contributed by atoms with van der Waals surface area (Å²) >= 11 is 2.04. The molecule has 0 radical (unpaired) electrons. The highest BCUT2D eigenvalue weighted by Gasteiger charge is 2.16. The second-order valence-electron chi connectivity index (χ2n) is 4.85. The van der Waals surface area contributed by atoms with Gasteiger partial charge in [-0.15, -0.1) is 5.10 Å². The normalized spacial score (nSPS) is 10.7. The molecule has 118 valence electrons. The molecule has 0 saturated heterocycles. The van der Waals surface area contributed by atoms with E-state index in [0.717, 1.165) is 9.13 Å². The van der Waals surface area contributed by atoms with Crippen LogP contribution in [0.3, 0.4) is 0 Å². The summed E-state index contributed by atoms with van der Waals surface area (Å²) < 4.78 is 17.0. The molecule has 3 aromatic rings. The van der Waals surface area contributed by atoms with E-state index in [9.17, 15) is 9.18 Å². The highest BCUT2D eigenvalue weighted by atomic mass is 127. The maximum atomic E-state index is 13.2. The molecule has 1 aromatic carbocycles. The third kappa shape index (κ3) is 3.73. The summed E-state index contributed by atoms with van der Waals surface area (Å²) in [5.41, 5.74) is 1.07. The first-order valence-electron chi connectivity index (χ1n) is 6.65. The van der Waals surface area contributed by atoms with Gasteiger partial charge in [0.2, 0.25) is 5.95 Å². The van der Waals surface area contributed by atoms with Crippen molar-refractivity contribution >= 4 is 34.4 Å². The minimum absolute atomic E-state index is 0.174. The van der Waals surface area contributed by atoms with Crippen molar-refractivity contribution in [2.75, 3.05) is 5.32 Å². The SMILES string of the molecule is Cn1cc(I)c(C(=O)Nc2ncn(Cc3cccc(F)c3)n2)n1. The van der Waals surface area contributed by atoms with E-state index in [-0.39, 0.29) is 17.7 Å². The summed E-state index contributed by atoms with van der Waals surface area (Å²) in [5.74, 6) is -0.507. The van der Waals surface area contributed by atoms with Crippen molar-refractivity contribution in [3.63, 3.8) is 0 Å². The number of hydrogen-bond acceptors (Lipinski definition) is 4. The molecule has 0 aliphatic heterocycles. The van der Waals surface area contributed by atoms with Crippen LogP contribution in [0.25, 0.3) is 0 Å². The van der Waals surface area contributed by atoms with Crippen LogP contribution in [0.5, 0.6) is 0 Å². The van der Waals surface area contributed by atoms with Crippen molar-refractivity contribution in [1.29, 1.82) is 0 Å². The fourth-order valence-electron chi connectivity index (χ4n) is 2.02. The van der Waals surface area contributed by atoms with Crippen LogP contribution in [0.15, 0.2) is 36.8 Å². The molecule has 9 heteroatoms. The van der Waals surface area contributed by atoms with Crippen LogP contribution in [0, 0.1) is 9.39 Å². The lowest BCUT2D eigenvalue weighted by Crippen LogP contribution is -2.15. The number of aryl methyl sites for hydroxylation is 1. The average Bonchev–Trinajstić information content (AvgIpc) is 3.05. The van der Waals surface area contributed by atoms with Crippen LogP contribution < -0.4 is 5.32 Å². The number of hydrogen-bond donors (Lipinski definition) is 1. The van der Waals surface area contributed by atoms with Crippen molar-refractivity contribution in [1.82, 2.24) is 24.5 Å². The van der Waals surface area contributed by atoms with Crippen molar-refractivity contribution in [3.05, 3.63) is 57.4 Å². The van der Waals surface area contributed by atoms with Crippen molar-refractivity contribution in [2.45, 2.75) is 6.54 Å². The van der Waals surface area contributed by atoms with Gasteiger partial charge in [-0.1, -0.05) is 12.1 Å². The van der Waals surface area contributed by atoms with Gasteiger partial charge in [0.25, 0.3) is 5.91 Å². The number of halogens is 2. The number of benzene rings is 1. The molecular formula is C14H12FIN6O. The molecule has 0 unspecified atom stereocenters. The molecule has 1 amide bonds. The predicted octanol–water partition coefficient (Wildman–Crippen LogP) is 2.06. The smallest absolute Gasteiger partial charge is 0.279 e. The summed E-state index contributed by atoms with van der Waals surface area (Å²) in [7, 11) is 1.74. The van der Waals surface area contributed by atoms with Gasteiger partial charge in [0.05, 0.1) is 10.1 Å². The fraction of sp³-hybridized carbons (Fsp3) is 0.143. The van der Waals surface area contributed by atoms with Gasteiger partial charge in [-0.05, 0) is 40.3 Å². The van der Waals surface area contributed by atoms with E-state index in [0.29, 0.717) is 12.2 Å². The second kappa shape index (κ2) is 6.44. The van der Waals surface area contributed by atoms with Gasteiger partial charge in [-0.25, -0.2) is 14.1 Å². The number of anilines is 1. The third-order valence-electron chi connectivity index (χ3n) is 2.99. The summed E-state index contributed by atoms with van der Waals surface area (Å²) in [5, 5.41) is 10.8. The molecule has 0 aliphatic carbocycles. The minimum Gasteiger partial charge on any atom is -0.288 e. The molecule has 0 bridgehead atoms. The Kier molecular flexibility index (Phi) is 4.37. The zero-order chi connectivity index (χ0) is 16.4. The maximum absolute atomic E-state index is 13.2. The Hall–Kier alpha value is -2.30. The van der Waals surface area contributed by atoms with Crippen LogP contribution in [0.2, 0.25) is 0 Å². The van der Waals surface area contributed by atoms with Crippen LogP contribution >= 0.6 is 22.6 Å². The van der Waals surface area contributed by atoms with E-state index in [1.165, 1.54) is 23.1 Å². The average molecular weight is 426 g/mol. The summed E-state index contributed by atoms with van der Waals surface area (Å²) in [6.07, 6.45) is 3.22. The number of nitrogens with one attached hydrogen (secondary N) is 1. The number of carbonyl (C=O) groups is 1. The van der Waals surface area contributed by atoms with E-state index in [4.69, 9.17) is 0 Å². The summed E-state index contributed by atoms with van der Waals surface area (Å²) in [4.78, 5) is 16.2. The zero-order valence-corrected chi connectivity index (χ0v) is 14.2. The molecule has 0 aliphatic rings. The Morgan fingerprint density at radius 2 is 2.22 bits per heavy atom. The molecule has 0 fully saturated rings. The van der Waals surface area contributed by atoms with Gasteiger partial charge in [-0.2, -0.15) is 5.10 Å². The van der Waals surface area contributed by atoms with Crippen molar-refractivity contribution < 1.29 is 9.18 Å². The van der Waals surface area contributed by atoms with E-state index in [2.05, 4.69) is 20.5 Å². The van der Waals surface area contributed by atoms with Crippen LogP contribution in [-0.4, -0.2) is 30.5 Å². The maximum Gasteiger partial charge on any atom is 0.279 e. The Bertz CT molecular complexity index is 859. The summed E-state index contributed by atoms with van der Waals surface area (Å²) in [6.45, 7) is 0.363. The lowest BCUT2D eigenvalue weighted by atomic mass is 10.2. The molecule has 3 rings (SSSR count). The van der Waals surface area contributed by atoms with Gasteiger partial charge < -0.3 is 0 Å². The molecule has 0 spiro atoms. The first-order valence-corrected chi connectivity index (χ1v) is 7.73. The molecule has 7 nitrogen and oxygen atoms in total. The quantitative estimate of drug-likeness (QED) is 0.649. The van der Waals surface area contributed by atoms with Crippen LogP contribution in [-0.2, 0) is 13.6 Å². The Morgan fingerprint density at radius 1 is 1.39 bits per heavy atom. The number of rotatable bonds is 4. The van der Waals surface area contributed by atoms with Crippen molar-refractivity contribution in [3.8, 4) is 0 Å². The van der Waals surface area contributed by atoms with Crippen molar-refractivity contribution in [2.24, 2.45) is 7.05 Å². The number of aromatic nitrogens is 5. The van der Waals surface area contributed by atoms with Crippen LogP contribution in [0.1, 0.15) is 16.1 Å². The molecule has 2 heterocycles. The van der Waals surface area contributed by atoms with Crippen LogP contribution in [0.4, 0.5) is 10.3 Å². The first-order chi connectivity index (χ1) is 11.0. The Labute approximate surface area is 144 Å². The zero-order valence-electron chi connectivity index (χ0n) is 12.1. The Morgan fingerprint density at radius 3 is 2.91 bits per heavy atom. The monoisotopic (exact) mass is 426 g/mol.